The number of pyridine rings is 1. The van der Waals surface area contributed by atoms with E-state index in [1.165, 1.54) is 10.1 Å². The lowest BCUT2D eigenvalue weighted by Crippen LogP contribution is -1.93. The first-order chi connectivity index (χ1) is 10.7. The standard InChI is InChI=1S/C17H12ClNO2S/c1-20-11-8-7-10-13-9-5-3-4-6-12(9)22-16(13)17(18)19-14(10)15(11)21-2/h3-8H,1-2H3. The number of thiophene rings is 1. The molecule has 0 amide bonds. The number of hydrogen-bond acceptors (Lipinski definition) is 4. The monoisotopic (exact) mass is 329 g/mol. The number of halogens is 1. The highest BCUT2D eigenvalue weighted by Gasteiger charge is 2.18. The molecule has 0 unspecified atom stereocenters. The average Bonchev–Trinajstić information content (AvgIpc) is 2.94. The first kappa shape index (κ1) is 13.6. The van der Waals surface area contributed by atoms with Crippen molar-refractivity contribution in [3.8, 4) is 11.5 Å². The van der Waals surface area contributed by atoms with E-state index >= 15 is 0 Å². The zero-order valence-electron chi connectivity index (χ0n) is 12.0. The maximum Gasteiger partial charge on any atom is 0.187 e. The van der Waals surface area contributed by atoms with E-state index in [1.807, 2.05) is 24.3 Å². The van der Waals surface area contributed by atoms with Gasteiger partial charge in [-0.2, -0.15) is 0 Å². The lowest BCUT2D eigenvalue weighted by Gasteiger charge is -2.11. The highest BCUT2D eigenvalue weighted by atomic mass is 35.5. The highest BCUT2D eigenvalue weighted by molar-refractivity contribution is 7.26. The van der Waals surface area contributed by atoms with Crippen LogP contribution in [0, 0.1) is 0 Å². The Bertz CT molecular complexity index is 1030. The van der Waals surface area contributed by atoms with Crippen molar-refractivity contribution in [1.29, 1.82) is 0 Å². The Hall–Kier alpha value is -2.04. The molecule has 0 atom stereocenters. The van der Waals surface area contributed by atoms with Gasteiger partial charge in [0.25, 0.3) is 0 Å². The zero-order chi connectivity index (χ0) is 15.3. The maximum absolute atomic E-state index is 6.43. The fourth-order valence-electron chi connectivity index (χ4n) is 2.83. The number of aromatic nitrogens is 1. The summed E-state index contributed by atoms with van der Waals surface area (Å²) in [5, 5.41) is 3.82. The van der Waals surface area contributed by atoms with E-state index < -0.39 is 0 Å². The molecule has 110 valence electrons. The van der Waals surface area contributed by atoms with Crippen LogP contribution in [-0.2, 0) is 0 Å². The van der Waals surface area contributed by atoms with Gasteiger partial charge in [0.1, 0.15) is 10.7 Å². The maximum atomic E-state index is 6.43. The summed E-state index contributed by atoms with van der Waals surface area (Å²) in [7, 11) is 3.23. The molecule has 22 heavy (non-hydrogen) atoms. The van der Waals surface area contributed by atoms with E-state index in [4.69, 9.17) is 21.1 Å². The second-order valence-electron chi connectivity index (χ2n) is 4.90. The zero-order valence-corrected chi connectivity index (χ0v) is 13.6. The number of ether oxygens (including phenoxy) is 2. The van der Waals surface area contributed by atoms with Crippen molar-refractivity contribution in [1.82, 2.24) is 4.98 Å². The minimum Gasteiger partial charge on any atom is -0.493 e. The Morgan fingerprint density at radius 1 is 1.00 bits per heavy atom. The summed E-state index contributed by atoms with van der Waals surface area (Å²) in [5.41, 5.74) is 0.725. The molecule has 0 fully saturated rings. The normalized spacial score (nSPS) is 11.4. The van der Waals surface area contributed by atoms with Gasteiger partial charge in [-0.1, -0.05) is 29.8 Å². The van der Waals surface area contributed by atoms with Crippen LogP contribution < -0.4 is 9.47 Å². The van der Waals surface area contributed by atoms with E-state index in [9.17, 15) is 0 Å². The minimum absolute atomic E-state index is 0.496. The van der Waals surface area contributed by atoms with Gasteiger partial charge in [0.2, 0.25) is 0 Å². The molecule has 2 aromatic carbocycles. The van der Waals surface area contributed by atoms with Crippen molar-refractivity contribution in [3.63, 3.8) is 0 Å². The molecule has 4 aromatic rings. The molecule has 0 aliphatic carbocycles. The number of rotatable bonds is 2. The fourth-order valence-corrected chi connectivity index (χ4v) is 4.22. The molecular weight excluding hydrogens is 318 g/mol. The van der Waals surface area contributed by atoms with Gasteiger partial charge < -0.3 is 9.47 Å². The molecule has 0 saturated carbocycles. The Balaban J connectivity index is 2.28. The summed E-state index contributed by atoms with van der Waals surface area (Å²) in [6, 6.07) is 12.2. The minimum atomic E-state index is 0.496. The molecular formula is C17H12ClNO2S. The Morgan fingerprint density at radius 2 is 1.82 bits per heavy atom. The summed E-state index contributed by atoms with van der Waals surface area (Å²) in [4.78, 5) is 4.55. The molecule has 0 spiro atoms. The first-order valence-corrected chi connectivity index (χ1v) is 7.95. The fraction of sp³-hybridized carbons (Fsp3) is 0.118. The molecule has 2 aromatic heterocycles. The number of hydrogen-bond donors (Lipinski definition) is 0. The molecule has 0 bridgehead atoms. The quantitative estimate of drug-likeness (QED) is 0.469. The SMILES string of the molecule is COc1ccc2c(nc(Cl)c3sc4ccccc4c32)c1OC. The van der Waals surface area contributed by atoms with Crippen molar-refractivity contribution in [2.45, 2.75) is 0 Å². The van der Waals surface area contributed by atoms with Crippen LogP contribution in [-0.4, -0.2) is 19.2 Å². The van der Waals surface area contributed by atoms with Gasteiger partial charge in [-0.3, -0.25) is 0 Å². The summed E-state index contributed by atoms with van der Waals surface area (Å²) >= 11 is 8.09. The summed E-state index contributed by atoms with van der Waals surface area (Å²) in [5.74, 6) is 1.26. The highest BCUT2D eigenvalue weighted by Crippen LogP contribution is 2.44. The topological polar surface area (TPSA) is 31.4 Å². The van der Waals surface area contributed by atoms with Crippen LogP contribution >= 0.6 is 22.9 Å². The predicted octanol–water partition coefficient (Wildman–Crippen LogP) is 5.27. The van der Waals surface area contributed by atoms with Crippen LogP contribution in [0.1, 0.15) is 0 Å². The van der Waals surface area contributed by atoms with Crippen molar-refractivity contribution in [2.75, 3.05) is 14.2 Å². The van der Waals surface area contributed by atoms with Crippen molar-refractivity contribution in [3.05, 3.63) is 41.6 Å². The molecule has 2 heterocycles. The third kappa shape index (κ3) is 1.77. The average molecular weight is 330 g/mol. The van der Waals surface area contributed by atoms with E-state index in [1.54, 1.807) is 25.6 Å². The Kier molecular flexibility index (Phi) is 3.10. The van der Waals surface area contributed by atoms with Crippen LogP contribution in [0.3, 0.4) is 0 Å². The van der Waals surface area contributed by atoms with Gasteiger partial charge in [-0.25, -0.2) is 4.98 Å². The van der Waals surface area contributed by atoms with Gasteiger partial charge >= 0.3 is 0 Å². The van der Waals surface area contributed by atoms with Crippen molar-refractivity contribution < 1.29 is 9.47 Å². The van der Waals surface area contributed by atoms with Crippen molar-refractivity contribution >= 4 is 54.0 Å². The summed E-state index contributed by atoms with van der Waals surface area (Å²) in [6.07, 6.45) is 0. The summed E-state index contributed by atoms with van der Waals surface area (Å²) < 4.78 is 13.1. The molecule has 0 aliphatic rings. The van der Waals surface area contributed by atoms with Crippen LogP contribution in [0.15, 0.2) is 36.4 Å². The molecule has 3 nitrogen and oxygen atoms in total. The van der Waals surface area contributed by atoms with Crippen LogP contribution in [0.4, 0.5) is 0 Å². The van der Waals surface area contributed by atoms with Gasteiger partial charge in [0.05, 0.1) is 18.9 Å². The molecule has 4 rings (SSSR count). The van der Waals surface area contributed by atoms with Crippen LogP contribution in [0.2, 0.25) is 5.15 Å². The Labute approximate surface area is 136 Å². The largest absolute Gasteiger partial charge is 0.493 e. The molecule has 0 saturated heterocycles. The van der Waals surface area contributed by atoms with E-state index in [2.05, 4.69) is 17.1 Å². The number of fused-ring (bicyclic) bond motifs is 5. The smallest absolute Gasteiger partial charge is 0.187 e. The predicted molar refractivity (Wildman–Crippen MR) is 92.7 cm³/mol. The first-order valence-electron chi connectivity index (χ1n) is 6.76. The molecule has 5 heteroatoms. The second-order valence-corrected chi connectivity index (χ2v) is 6.31. The number of benzene rings is 2. The van der Waals surface area contributed by atoms with Crippen molar-refractivity contribution in [2.24, 2.45) is 0 Å². The number of nitrogens with zero attached hydrogens (tertiary/aromatic N) is 1. The van der Waals surface area contributed by atoms with Crippen LogP contribution in [0.25, 0.3) is 31.1 Å². The van der Waals surface area contributed by atoms with E-state index in [-0.39, 0.29) is 0 Å². The van der Waals surface area contributed by atoms with E-state index in [0.717, 1.165) is 21.0 Å². The van der Waals surface area contributed by atoms with Gasteiger partial charge in [-0.15, -0.1) is 11.3 Å². The molecule has 0 aliphatic heterocycles. The third-order valence-corrected chi connectivity index (χ3v) is 5.34. The van der Waals surface area contributed by atoms with Gasteiger partial charge in [-0.05, 0) is 18.2 Å². The van der Waals surface area contributed by atoms with Gasteiger partial charge in [0.15, 0.2) is 11.5 Å². The van der Waals surface area contributed by atoms with E-state index in [0.29, 0.717) is 16.7 Å². The third-order valence-electron chi connectivity index (χ3n) is 3.78. The lowest BCUT2D eigenvalue weighted by molar-refractivity contribution is 0.358. The number of methoxy groups -OCH3 is 2. The van der Waals surface area contributed by atoms with Gasteiger partial charge in [0, 0.05) is 20.9 Å². The summed E-state index contributed by atoms with van der Waals surface area (Å²) in [6.45, 7) is 0. The lowest BCUT2D eigenvalue weighted by atomic mass is 10.1. The second kappa shape index (κ2) is 5.00. The van der Waals surface area contributed by atoms with Crippen LogP contribution in [0.5, 0.6) is 11.5 Å². The molecule has 0 radical (unpaired) electrons. The molecule has 0 N–H and O–H groups in total. The Morgan fingerprint density at radius 3 is 2.59 bits per heavy atom.